The summed E-state index contributed by atoms with van der Waals surface area (Å²) < 4.78 is 0. The third-order valence-corrected chi connectivity index (χ3v) is 4.94. The maximum absolute atomic E-state index is 12.3. The van der Waals surface area contributed by atoms with Gasteiger partial charge < -0.3 is 15.1 Å². The van der Waals surface area contributed by atoms with E-state index in [9.17, 15) is 4.79 Å². The summed E-state index contributed by atoms with van der Waals surface area (Å²) in [7, 11) is 0. The number of nitrogens with one attached hydrogen (secondary N) is 1. The minimum Gasteiger partial charge on any atom is -0.353 e. The molecular weight excluding hydrogens is 374 g/mol. The Morgan fingerprint density at radius 2 is 1.54 bits per heavy atom. The van der Waals surface area contributed by atoms with Gasteiger partial charge in [-0.2, -0.15) is 0 Å². The molecule has 2 aromatic heterocycles. The molecule has 3 aromatic rings. The summed E-state index contributed by atoms with van der Waals surface area (Å²) >= 11 is 5.86. The van der Waals surface area contributed by atoms with Crippen molar-refractivity contribution in [1.82, 2.24) is 9.97 Å². The Bertz CT molecular complexity index is 923. The third-order valence-electron chi connectivity index (χ3n) is 4.69. The zero-order valence-electron chi connectivity index (χ0n) is 15.3. The van der Waals surface area contributed by atoms with E-state index in [4.69, 9.17) is 11.6 Å². The van der Waals surface area contributed by atoms with Crippen molar-refractivity contribution in [2.24, 2.45) is 0 Å². The Morgan fingerprint density at radius 3 is 2.11 bits per heavy atom. The Hall–Kier alpha value is -3.12. The van der Waals surface area contributed by atoms with Gasteiger partial charge in [0.25, 0.3) is 5.91 Å². The van der Waals surface area contributed by atoms with Crippen molar-refractivity contribution in [1.29, 1.82) is 0 Å². The Kier molecular flexibility index (Phi) is 5.39. The number of amides is 1. The molecule has 3 heterocycles. The first-order chi connectivity index (χ1) is 13.7. The molecule has 0 atom stereocenters. The second-order valence-corrected chi connectivity index (χ2v) is 6.96. The fraction of sp³-hybridized carbons (Fsp3) is 0.190. The van der Waals surface area contributed by atoms with Crippen molar-refractivity contribution in [3.05, 3.63) is 77.6 Å². The second-order valence-electron chi connectivity index (χ2n) is 6.53. The van der Waals surface area contributed by atoms with Crippen molar-refractivity contribution in [2.75, 3.05) is 41.3 Å². The number of hydrogen-bond acceptors (Lipinski definition) is 5. The summed E-state index contributed by atoms with van der Waals surface area (Å²) in [5.41, 5.74) is 1.22. The second kappa shape index (κ2) is 8.27. The molecule has 1 amide bonds. The van der Waals surface area contributed by atoms with E-state index in [-0.39, 0.29) is 5.91 Å². The predicted octanol–water partition coefficient (Wildman–Crippen LogP) is 3.71. The van der Waals surface area contributed by atoms with E-state index in [1.165, 1.54) is 0 Å². The van der Waals surface area contributed by atoms with Gasteiger partial charge in [-0.25, -0.2) is 9.97 Å². The van der Waals surface area contributed by atoms with Gasteiger partial charge >= 0.3 is 0 Å². The lowest BCUT2D eigenvalue weighted by Crippen LogP contribution is -2.47. The van der Waals surface area contributed by atoms with Crippen molar-refractivity contribution in [2.45, 2.75) is 0 Å². The third kappa shape index (κ3) is 4.23. The lowest BCUT2D eigenvalue weighted by atomic mass is 10.2. The molecule has 1 aromatic carbocycles. The molecule has 1 fully saturated rings. The van der Waals surface area contributed by atoms with E-state index in [1.54, 1.807) is 30.5 Å². The van der Waals surface area contributed by atoms with E-state index in [0.717, 1.165) is 37.8 Å². The van der Waals surface area contributed by atoms with Gasteiger partial charge in [-0.15, -0.1) is 0 Å². The molecule has 0 radical (unpaired) electrons. The first-order valence-electron chi connectivity index (χ1n) is 9.13. The van der Waals surface area contributed by atoms with Crippen LogP contribution in [0.3, 0.4) is 0 Å². The molecule has 0 aliphatic carbocycles. The van der Waals surface area contributed by atoms with Gasteiger partial charge in [-0.05, 0) is 48.5 Å². The highest BCUT2D eigenvalue weighted by atomic mass is 35.5. The van der Waals surface area contributed by atoms with Crippen molar-refractivity contribution < 1.29 is 4.79 Å². The highest BCUT2D eigenvalue weighted by Crippen LogP contribution is 2.19. The fourth-order valence-corrected chi connectivity index (χ4v) is 3.28. The molecule has 7 heteroatoms. The number of hydrogen-bond donors (Lipinski definition) is 1. The largest absolute Gasteiger partial charge is 0.353 e. The molecule has 1 N–H and O–H groups in total. The zero-order valence-corrected chi connectivity index (χ0v) is 16.0. The van der Waals surface area contributed by atoms with Crippen molar-refractivity contribution in [3.63, 3.8) is 0 Å². The zero-order chi connectivity index (χ0) is 19.3. The number of anilines is 3. The summed E-state index contributed by atoms with van der Waals surface area (Å²) in [5.74, 6) is 1.73. The maximum Gasteiger partial charge on any atom is 0.255 e. The molecule has 6 nitrogen and oxygen atoms in total. The van der Waals surface area contributed by atoms with E-state index in [2.05, 4.69) is 25.1 Å². The lowest BCUT2D eigenvalue weighted by molar-refractivity contribution is 0.102. The summed E-state index contributed by atoms with van der Waals surface area (Å²) in [6.45, 7) is 3.54. The van der Waals surface area contributed by atoms with Crippen LogP contribution in [0, 0.1) is 0 Å². The molecule has 1 aliphatic rings. The van der Waals surface area contributed by atoms with Gasteiger partial charge in [0.05, 0.1) is 11.9 Å². The molecule has 0 unspecified atom stereocenters. The number of rotatable bonds is 4. The van der Waals surface area contributed by atoms with Gasteiger partial charge in [0.2, 0.25) is 0 Å². The molecule has 28 heavy (non-hydrogen) atoms. The average molecular weight is 394 g/mol. The molecule has 1 saturated heterocycles. The van der Waals surface area contributed by atoms with Gasteiger partial charge in [0.15, 0.2) is 0 Å². The molecule has 0 saturated carbocycles. The van der Waals surface area contributed by atoms with Gasteiger partial charge in [-0.1, -0.05) is 17.7 Å². The van der Waals surface area contributed by atoms with Crippen LogP contribution in [0.5, 0.6) is 0 Å². The van der Waals surface area contributed by atoms with Crippen LogP contribution < -0.4 is 15.1 Å². The van der Waals surface area contributed by atoms with Gasteiger partial charge in [0, 0.05) is 43.0 Å². The highest BCUT2D eigenvalue weighted by Gasteiger charge is 2.19. The van der Waals surface area contributed by atoms with E-state index >= 15 is 0 Å². The first-order valence-corrected chi connectivity index (χ1v) is 9.51. The normalized spacial score (nSPS) is 14.0. The molecule has 142 valence electrons. The Labute approximate surface area is 168 Å². The number of carbonyl (C=O) groups is 1. The van der Waals surface area contributed by atoms with Crippen LogP contribution in [-0.4, -0.2) is 42.1 Å². The Balaban J connectivity index is 1.35. The fourth-order valence-electron chi connectivity index (χ4n) is 3.16. The minimum atomic E-state index is -0.185. The molecular formula is C21H20ClN5O. The van der Waals surface area contributed by atoms with Crippen LogP contribution in [0.25, 0.3) is 0 Å². The smallest absolute Gasteiger partial charge is 0.255 e. The van der Waals surface area contributed by atoms with Crippen molar-refractivity contribution in [3.8, 4) is 0 Å². The maximum atomic E-state index is 12.3. The topological polar surface area (TPSA) is 61.4 Å². The van der Waals surface area contributed by atoms with E-state index in [1.807, 2.05) is 36.5 Å². The molecule has 1 aliphatic heterocycles. The van der Waals surface area contributed by atoms with Gasteiger partial charge in [0.1, 0.15) is 11.6 Å². The molecule has 0 bridgehead atoms. The van der Waals surface area contributed by atoms with Crippen molar-refractivity contribution >= 4 is 34.8 Å². The quantitative estimate of drug-likeness (QED) is 0.732. The minimum absolute atomic E-state index is 0.185. The SMILES string of the molecule is O=C(Nc1ccc(N2CCN(c3ccccn3)CC2)nc1)c1ccc(Cl)cc1. The summed E-state index contributed by atoms with van der Waals surface area (Å²) in [6, 6.07) is 16.6. The summed E-state index contributed by atoms with van der Waals surface area (Å²) in [6.07, 6.45) is 3.51. The number of aromatic nitrogens is 2. The number of nitrogens with zero attached hydrogens (tertiary/aromatic N) is 4. The van der Waals surface area contributed by atoms with Crippen LogP contribution in [0.4, 0.5) is 17.3 Å². The number of piperazine rings is 1. The lowest BCUT2D eigenvalue weighted by Gasteiger charge is -2.36. The first kappa shape index (κ1) is 18.3. The summed E-state index contributed by atoms with van der Waals surface area (Å²) in [4.78, 5) is 25.7. The number of halogens is 1. The van der Waals surface area contributed by atoms with Crippen LogP contribution in [-0.2, 0) is 0 Å². The standard InChI is InChI=1S/C21H20ClN5O/c22-17-6-4-16(5-7-17)21(28)25-18-8-9-20(24-15-18)27-13-11-26(12-14-27)19-3-1-2-10-23-19/h1-10,15H,11-14H2,(H,25,28). The summed E-state index contributed by atoms with van der Waals surface area (Å²) in [5, 5.41) is 3.46. The van der Waals surface area contributed by atoms with E-state index in [0.29, 0.717) is 16.3 Å². The number of pyridine rings is 2. The highest BCUT2D eigenvalue weighted by molar-refractivity contribution is 6.30. The van der Waals surface area contributed by atoms with Crippen LogP contribution in [0.2, 0.25) is 5.02 Å². The predicted molar refractivity (Wildman–Crippen MR) is 112 cm³/mol. The number of carbonyl (C=O) groups excluding carboxylic acids is 1. The van der Waals surface area contributed by atoms with Crippen LogP contribution in [0.15, 0.2) is 67.0 Å². The monoisotopic (exact) mass is 393 g/mol. The van der Waals surface area contributed by atoms with Crippen LogP contribution >= 0.6 is 11.6 Å². The molecule has 4 rings (SSSR count). The average Bonchev–Trinajstić information content (AvgIpc) is 2.75. The van der Waals surface area contributed by atoms with E-state index < -0.39 is 0 Å². The molecule has 0 spiro atoms. The number of benzene rings is 1. The Morgan fingerprint density at radius 1 is 0.857 bits per heavy atom. The van der Waals surface area contributed by atoms with Gasteiger partial charge in [-0.3, -0.25) is 4.79 Å². The van der Waals surface area contributed by atoms with Crippen LogP contribution in [0.1, 0.15) is 10.4 Å².